The Bertz CT molecular complexity index is 283. The van der Waals surface area contributed by atoms with E-state index in [1.54, 1.807) is 0 Å². The first-order valence-electron chi connectivity index (χ1n) is 11.8. The number of nitrogens with one attached hydrogen (secondary N) is 1. The Morgan fingerprint density at radius 3 is 1.50 bits per heavy atom. The summed E-state index contributed by atoms with van der Waals surface area (Å²) in [5, 5.41) is 6.24. The zero-order valence-electron chi connectivity index (χ0n) is 18.2. The van der Waals surface area contributed by atoms with Crippen molar-refractivity contribution in [3.63, 3.8) is 0 Å². The zero-order chi connectivity index (χ0) is 19.3. The Kier molecular flexibility index (Phi) is 20.5. The lowest BCUT2D eigenvalue weighted by Crippen LogP contribution is -2.34. The average molecular weight is 369 g/mol. The molecule has 0 aromatic heterocycles. The third kappa shape index (κ3) is 17.0. The van der Waals surface area contributed by atoms with Gasteiger partial charge in [0.2, 0.25) is 0 Å². The minimum absolute atomic E-state index is 0.258. The van der Waals surface area contributed by atoms with Gasteiger partial charge in [-0.05, 0) is 12.3 Å². The van der Waals surface area contributed by atoms with Crippen LogP contribution in [0.4, 0.5) is 0 Å². The summed E-state index contributed by atoms with van der Waals surface area (Å²) in [7, 11) is 0. The Morgan fingerprint density at radius 2 is 1.12 bits per heavy atom. The third-order valence-electron chi connectivity index (χ3n) is 5.87. The smallest absolute Gasteiger partial charge is 0.131 e. The third-order valence-corrected chi connectivity index (χ3v) is 5.87. The van der Waals surface area contributed by atoms with E-state index in [1.807, 2.05) is 0 Å². The topological polar surface area (TPSA) is 41.5 Å². The van der Waals surface area contributed by atoms with Crippen LogP contribution in [0.25, 0.3) is 0 Å². The Labute approximate surface area is 164 Å². The monoisotopic (exact) mass is 368 g/mol. The first-order chi connectivity index (χ1) is 12.8. The molecule has 3 heteroatoms. The van der Waals surface area contributed by atoms with Crippen molar-refractivity contribution in [2.75, 3.05) is 6.67 Å². The Morgan fingerprint density at radius 1 is 0.692 bits per heavy atom. The molecule has 2 atom stereocenters. The predicted octanol–water partition coefficient (Wildman–Crippen LogP) is 7.98. The van der Waals surface area contributed by atoms with Crippen LogP contribution in [0.3, 0.4) is 0 Å². The van der Waals surface area contributed by atoms with Crippen LogP contribution < -0.4 is 5.32 Å². The molecule has 3 nitrogen and oxygen atoms in total. The van der Waals surface area contributed by atoms with Gasteiger partial charge in [-0.3, -0.25) is 5.32 Å². The summed E-state index contributed by atoms with van der Waals surface area (Å²) in [6.45, 7) is 7.04. The molecule has 0 aromatic carbocycles. The molecule has 26 heavy (non-hydrogen) atoms. The highest BCUT2D eigenvalue weighted by molar-refractivity contribution is 4.72. The van der Waals surface area contributed by atoms with Gasteiger partial charge in [-0.15, -0.1) is 4.91 Å². The van der Waals surface area contributed by atoms with Crippen LogP contribution in [0, 0.1) is 10.8 Å². The SMILES string of the molecule is CCCCCCCCCCCCCCCCCC(NCN=O)C(C)CC. The highest BCUT2D eigenvalue weighted by Crippen LogP contribution is 2.17. The lowest BCUT2D eigenvalue weighted by Gasteiger charge is -2.23. The van der Waals surface area contributed by atoms with Crippen molar-refractivity contribution in [3.8, 4) is 0 Å². The Balaban J connectivity index is 3.33. The number of hydrogen-bond donors (Lipinski definition) is 1. The van der Waals surface area contributed by atoms with Crippen molar-refractivity contribution in [2.24, 2.45) is 11.1 Å². The maximum atomic E-state index is 10.3. The zero-order valence-corrected chi connectivity index (χ0v) is 18.2. The summed E-state index contributed by atoms with van der Waals surface area (Å²) in [4.78, 5) is 10.3. The molecule has 0 bridgehead atoms. The van der Waals surface area contributed by atoms with E-state index >= 15 is 0 Å². The molecular formula is C23H48N2O. The molecule has 0 spiro atoms. The summed E-state index contributed by atoms with van der Waals surface area (Å²) < 4.78 is 0. The molecule has 0 heterocycles. The van der Waals surface area contributed by atoms with Crippen LogP contribution in [0.15, 0.2) is 5.18 Å². The molecule has 0 aliphatic carbocycles. The quantitative estimate of drug-likeness (QED) is 0.165. The lowest BCUT2D eigenvalue weighted by atomic mass is 9.94. The van der Waals surface area contributed by atoms with Crippen molar-refractivity contribution in [2.45, 2.75) is 136 Å². The van der Waals surface area contributed by atoms with Gasteiger partial charge in [0.05, 0.1) is 0 Å². The minimum Gasteiger partial charge on any atom is -0.292 e. The first kappa shape index (κ1) is 25.6. The van der Waals surface area contributed by atoms with E-state index in [0.717, 1.165) is 6.42 Å². The van der Waals surface area contributed by atoms with Gasteiger partial charge in [0.1, 0.15) is 6.67 Å². The number of nitroso groups, excluding NO2 is 1. The van der Waals surface area contributed by atoms with Gasteiger partial charge in [-0.25, -0.2) is 0 Å². The van der Waals surface area contributed by atoms with Gasteiger partial charge in [-0.1, -0.05) is 129 Å². The lowest BCUT2D eigenvalue weighted by molar-refractivity contribution is 0.340. The second-order valence-corrected chi connectivity index (χ2v) is 8.22. The second-order valence-electron chi connectivity index (χ2n) is 8.22. The van der Waals surface area contributed by atoms with E-state index in [-0.39, 0.29) is 6.67 Å². The summed E-state index contributed by atoms with van der Waals surface area (Å²) >= 11 is 0. The second kappa shape index (κ2) is 20.9. The van der Waals surface area contributed by atoms with Gasteiger partial charge in [0.25, 0.3) is 0 Å². The van der Waals surface area contributed by atoms with Crippen LogP contribution in [-0.4, -0.2) is 12.7 Å². The highest BCUT2D eigenvalue weighted by Gasteiger charge is 2.14. The van der Waals surface area contributed by atoms with Crippen LogP contribution in [-0.2, 0) is 0 Å². The van der Waals surface area contributed by atoms with E-state index in [1.165, 1.54) is 103 Å². The molecule has 2 unspecified atom stereocenters. The molecule has 0 amide bonds. The predicted molar refractivity (Wildman–Crippen MR) is 117 cm³/mol. The van der Waals surface area contributed by atoms with E-state index in [0.29, 0.717) is 12.0 Å². The van der Waals surface area contributed by atoms with Crippen molar-refractivity contribution in [3.05, 3.63) is 4.91 Å². The first-order valence-corrected chi connectivity index (χ1v) is 11.8. The molecule has 0 rings (SSSR count). The molecule has 156 valence electrons. The summed E-state index contributed by atoms with van der Waals surface area (Å²) in [5.41, 5.74) is 0. The van der Waals surface area contributed by atoms with Gasteiger partial charge < -0.3 is 0 Å². The van der Waals surface area contributed by atoms with Crippen molar-refractivity contribution in [1.29, 1.82) is 0 Å². The number of nitrogens with zero attached hydrogens (tertiary/aromatic N) is 1. The van der Waals surface area contributed by atoms with E-state index in [4.69, 9.17) is 0 Å². The number of rotatable bonds is 21. The molecule has 0 aliphatic heterocycles. The number of unbranched alkanes of at least 4 members (excludes halogenated alkanes) is 14. The normalized spacial score (nSPS) is 13.7. The van der Waals surface area contributed by atoms with Crippen LogP contribution >= 0.6 is 0 Å². The highest BCUT2D eigenvalue weighted by atomic mass is 16.3. The van der Waals surface area contributed by atoms with Crippen molar-refractivity contribution < 1.29 is 0 Å². The molecule has 0 aliphatic rings. The summed E-state index contributed by atoms with van der Waals surface area (Å²) in [6.07, 6.45) is 23.5. The molecule has 0 saturated heterocycles. The molecule has 1 N–H and O–H groups in total. The Hall–Kier alpha value is -0.440. The van der Waals surface area contributed by atoms with Gasteiger partial charge in [0, 0.05) is 6.04 Å². The molecule has 0 radical (unpaired) electrons. The summed E-state index contributed by atoms with van der Waals surface area (Å²) in [5.74, 6) is 0.628. The molecule has 0 aromatic rings. The van der Waals surface area contributed by atoms with Gasteiger partial charge in [0.15, 0.2) is 0 Å². The van der Waals surface area contributed by atoms with Crippen LogP contribution in [0.5, 0.6) is 0 Å². The maximum absolute atomic E-state index is 10.3. The maximum Gasteiger partial charge on any atom is 0.131 e. The molecular weight excluding hydrogens is 320 g/mol. The van der Waals surface area contributed by atoms with Gasteiger partial charge in [-0.2, -0.15) is 0 Å². The standard InChI is InChI=1S/C23H48N2O/c1-4-6-7-8-9-10-11-12-13-14-15-16-17-18-19-20-23(22(3)5-2)24-21-25-26/h22-24H,4-21H2,1-3H3. The van der Waals surface area contributed by atoms with Gasteiger partial charge >= 0.3 is 0 Å². The largest absolute Gasteiger partial charge is 0.292 e. The minimum atomic E-state index is 0.258. The van der Waals surface area contributed by atoms with Crippen LogP contribution in [0.1, 0.15) is 130 Å². The van der Waals surface area contributed by atoms with E-state index in [2.05, 4.69) is 31.3 Å². The van der Waals surface area contributed by atoms with Crippen molar-refractivity contribution in [1.82, 2.24) is 5.32 Å². The van der Waals surface area contributed by atoms with Crippen molar-refractivity contribution >= 4 is 0 Å². The average Bonchev–Trinajstić information content (AvgIpc) is 2.66. The van der Waals surface area contributed by atoms with Crippen LogP contribution in [0.2, 0.25) is 0 Å². The summed E-state index contributed by atoms with van der Waals surface area (Å²) in [6, 6.07) is 0.458. The molecule has 0 saturated carbocycles. The fraction of sp³-hybridized carbons (Fsp3) is 1.00. The van der Waals surface area contributed by atoms with E-state index in [9.17, 15) is 4.91 Å². The fourth-order valence-corrected chi connectivity index (χ4v) is 3.76. The number of hydrogen-bond acceptors (Lipinski definition) is 3. The van der Waals surface area contributed by atoms with E-state index < -0.39 is 0 Å². The molecule has 0 fully saturated rings. The fourth-order valence-electron chi connectivity index (χ4n) is 3.76.